The van der Waals surface area contributed by atoms with Gasteiger partial charge in [-0.1, -0.05) is 19.1 Å². The van der Waals surface area contributed by atoms with Crippen LogP contribution in [0.3, 0.4) is 0 Å². The first kappa shape index (κ1) is 13.8. The molecule has 0 aliphatic rings. The van der Waals surface area contributed by atoms with Crippen LogP contribution in [0.1, 0.15) is 26.7 Å². The minimum Gasteiger partial charge on any atom is -0.491 e. The van der Waals surface area contributed by atoms with Crippen molar-refractivity contribution in [1.29, 1.82) is 0 Å². The maximum atomic E-state index is 5.70. The van der Waals surface area contributed by atoms with E-state index in [4.69, 9.17) is 9.47 Å². The molecule has 1 unspecified atom stereocenters. The molecular formula is C14H23NO2. The molecule has 0 aliphatic heterocycles. The van der Waals surface area contributed by atoms with Crippen LogP contribution in [0.5, 0.6) is 5.75 Å². The first-order chi connectivity index (χ1) is 8.27. The van der Waals surface area contributed by atoms with Crippen molar-refractivity contribution in [3.8, 4) is 5.75 Å². The Morgan fingerprint density at radius 1 is 1.24 bits per heavy atom. The number of hydrogen-bond donors (Lipinski definition) is 1. The van der Waals surface area contributed by atoms with E-state index in [1.54, 1.807) is 7.11 Å². The summed E-state index contributed by atoms with van der Waals surface area (Å²) in [6, 6.07) is 8.44. The number of hydrogen-bond acceptors (Lipinski definition) is 3. The number of methoxy groups -OCH3 is 1. The molecule has 1 atom stereocenters. The second-order valence-electron chi connectivity index (χ2n) is 4.17. The minimum atomic E-state index is 0.376. The third-order valence-electron chi connectivity index (χ3n) is 2.51. The van der Waals surface area contributed by atoms with Crippen LogP contribution < -0.4 is 10.1 Å². The maximum Gasteiger partial charge on any atom is 0.142 e. The molecule has 0 saturated carbocycles. The van der Waals surface area contributed by atoms with Gasteiger partial charge in [-0.3, -0.25) is 0 Å². The summed E-state index contributed by atoms with van der Waals surface area (Å²) in [7, 11) is 1.73. The predicted molar refractivity (Wildman–Crippen MR) is 71.8 cm³/mol. The summed E-state index contributed by atoms with van der Waals surface area (Å²) in [5, 5.41) is 3.45. The molecule has 0 aliphatic carbocycles. The normalized spacial score (nSPS) is 12.2. The first-order valence-corrected chi connectivity index (χ1v) is 6.25. The summed E-state index contributed by atoms with van der Waals surface area (Å²) in [5.74, 6) is 0.929. The van der Waals surface area contributed by atoms with Gasteiger partial charge in [0.1, 0.15) is 5.75 Å². The summed E-state index contributed by atoms with van der Waals surface area (Å²) in [5.41, 5.74) is 1.06. The quantitative estimate of drug-likeness (QED) is 0.752. The van der Waals surface area contributed by atoms with Crippen LogP contribution in [0, 0.1) is 0 Å². The lowest BCUT2D eigenvalue weighted by atomic mass is 10.2. The van der Waals surface area contributed by atoms with E-state index in [9.17, 15) is 0 Å². The Hall–Kier alpha value is -1.22. The van der Waals surface area contributed by atoms with Gasteiger partial charge in [0.2, 0.25) is 0 Å². The molecule has 3 nitrogen and oxygen atoms in total. The zero-order valence-corrected chi connectivity index (χ0v) is 11.0. The summed E-state index contributed by atoms with van der Waals surface area (Å²) in [6.07, 6.45) is 2.01. The summed E-state index contributed by atoms with van der Waals surface area (Å²) < 4.78 is 10.8. The smallest absolute Gasteiger partial charge is 0.142 e. The van der Waals surface area contributed by atoms with Crippen molar-refractivity contribution in [3.63, 3.8) is 0 Å². The van der Waals surface area contributed by atoms with Gasteiger partial charge in [0.05, 0.1) is 12.3 Å². The summed E-state index contributed by atoms with van der Waals surface area (Å²) in [6.45, 7) is 5.78. The van der Waals surface area contributed by atoms with Gasteiger partial charge < -0.3 is 14.8 Å². The van der Waals surface area contributed by atoms with Crippen molar-refractivity contribution in [2.45, 2.75) is 32.7 Å². The zero-order valence-electron chi connectivity index (χ0n) is 11.0. The molecule has 1 aromatic rings. The Kier molecular flexibility index (Phi) is 6.48. The molecule has 1 N–H and O–H groups in total. The minimum absolute atomic E-state index is 0.376. The zero-order chi connectivity index (χ0) is 12.5. The molecule has 1 rings (SSSR count). The number of para-hydroxylation sites is 2. The van der Waals surface area contributed by atoms with Gasteiger partial charge in [-0.2, -0.15) is 0 Å². The van der Waals surface area contributed by atoms with Gasteiger partial charge in [0.15, 0.2) is 0 Å². The van der Waals surface area contributed by atoms with Crippen LogP contribution in [0.2, 0.25) is 0 Å². The standard InChI is InChI=1S/C14H23NO2/c1-4-10-17-14-8-6-5-7-13(14)15-12(2)9-11-16-3/h5-8,12,15H,4,9-11H2,1-3H3. The van der Waals surface area contributed by atoms with Crippen molar-refractivity contribution in [3.05, 3.63) is 24.3 Å². The van der Waals surface area contributed by atoms with Crippen molar-refractivity contribution in [2.24, 2.45) is 0 Å². The van der Waals surface area contributed by atoms with E-state index in [2.05, 4.69) is 19.2 Å². The van der Waals surface area contributed by atoms with Gasteiger partial charge in [-0.25, -0.2) is 0 Å². The fourth-order valence-electron chi connectivity index (χ4n) is 1.56. The average Bonchev–Trinajstić information content (AvgIpc) is 2.35. The first-order valence-electron chi connectivity index (χ1n) is 6.25. The lowest BCUT2D eigenvalue weighted by Gasteiger charge is -2.17. The number of benzene rings is 1. The van der Waals surface area contributed by atoms with E-state index in [-0.39, 0.29) is 0 Å². The molecule has 0 radical (unpaired) electrons. The highest BCUT2D eigenvalue weighted by Crippen LogP contribution is 2.24. The van der Waals surface area contributed by atoms with E-state index in [1.807, 2.05) is 24.3 Å². The molecule has 0 fully saturated rings. The highest BCUT2D eigenvalue weighted by molar-refractivity contribution is 5.56. The Morgan fingerprint density at radius 3 is 2.71 bits per heavy atom. The van der Waals surface area contributed by atoms with Crippen LogP contribution in [-0.2, 0) is 4.74 Å². The van der Waals surface area contributed by atoms with Gasteiger partial charge in [0.25, 0.3) is 0 Å². The Balaban J connectivity index is 2.56. The number of ether oxygens (including phenoxy) is 2. The van der Waals surface area contributed by atoms with Gasteiger partial charge in [-0.15, -0.1) is 0 Å². The molecule has 0 aromatic heterocycles. The molecule has 17 heavy (non-hydrogen) atoms. The third kappa shape index (κ3) is 5.09. The number of rotatable bonds is 8. The highest BCUT2D eigenvalue weighted by Gasteiger charge is 2.06. The van der Waals surface area contributed by atoms with Crippen LogP contribution in [0.15, 0.2) is 24.3 Å². The number of anilines is 1. The van der Waals surface area contributed by atoms with Gasteiger partial charge in [0, 0.05) is 19.8 Å². The molecular weight excluding hydrogens is 214 g/mol. The number of nitrogens with one attached hydrogen (secondary N) is 1. The highest BCUT2D eigenvalue weighted by atomic mass is 16.5. The Bertz CT molecular complexity index is 315. The molecule has 0 saturated heterocycles. The summed E-state index contributed by atoms with van der Waals surface area (Å²) in [4.78, 5) is 0. The van der Waals surface area contributed by atoms with Crippen LogP contribution >= 0.6 is 0 Å². The van der Waals surface area contributed by atoms with Crippen LogP contribution in [0.4, 0.5) is 5.69 Å². The predicted octanol–water partition coefficient (Wildman–Crippen LogP) is 3.31. The molecule has 0 bridgehead atoms. The van der Waals surface area contributed by atoms with Crippen molar-refractivity contribution >= 4 is 5.69 Å². The second kappa shape index (κ2) is 7.96. The molecule has 0 amide bonds. The fraction of sp³-hybridized carbons (Fsp3) is 0.571. The van der Waals surface area contributed by atoms with E-state index in [0.29, 0.717) is 6.04 Å². The topological polar surface area (TPSA) is 30.5 Å². The van der Waals surface area contributed by atoms with Crippen molar-refractivity contribution in [1.82, 2.24) is 0 Å². The van der Waals surface area contributed by atoms with E-state index in [1.165, 1.54) is 0 Å². The molecule has 3 heteroatoms. The van der Waals surface area contributed by atoms with E-state index < -0.39 is 0 Å². The lowest BCUT2D eigenvalue weighted by Crippen LogP contribution is -2.17. The lowest BCUT2D eigenvalue weighted by molar-refractivity contribution is 0.191. The van der Waals surface area contributed by atoms with Crippen LogP contribution in [0.25, 0.3) is 0 Å². The molecule has 96 valence electrons. The summed E-state index contributed by atoms with van der Waals surface area (Å²) >= 11 is 0. The van der Waals surface area contributed by atoms with Crippen molar-refractivity contribution in [2.75, 3.05) is 25.6 Å². The average molecular weight is 237 g/mol. The maximum absolute atomic E-state index is 5.70. The third-order valence-corrected chi connectivity index (χ3v) is 2.51. The largest absolute Gasteiger partial charge is 0.491 e. The molecule has 0 heterocycles. The molecule has 0 spiro atoms. The fourth-order valence-corrected chi connectivity index (χ4v) is 1.56. The van der Waals surface area contributed by atoms with Gasteiger partial charge >= 0.3 is 0 Å². The van der Waals surface area contributed by atoms with E-state index in [0.717, 1.165) is 37.5 Å². The Morgan fingerprint density at radius 2 is 2.00 bits per heavy atom. The van der Waals surface area contributed by atoms with Gasteiger partial charge in [-0.05, 0) is 31.9 Å². The Labute approximate surface area is 104 Å². The molecule has 1 aromatic carbocycles. The van der Waals surface area contributed by atoms with Crippen LogP contribution in [-0.4, -0.2) is 26.4 Å². The van der Waals surface area contributed by atoms with Crippen molar-refractivity contribution < 1.29 is 9.47 Å². The second-order valence-corrected chi connectivity index (χ2v) is 4.17. The SMILES string of the molecule is CCCOc1ccccc1NC(C)CCOC. The van der Waals surface area contributed by atoms with E-state index >= 15 is 0 Å². The monoisotopic (exact) mass is 237 g/mol.